The molecule has 2 fully saturated rings. The van der Waals surface area contributed by atoms with Crippen LogP contribution in [-0.2, 0) is 16.1 Å². The molecule has 0 unspecified atom stereocenters. The van der Waals surface area contributed by atoms with Gasteiger partial charge in [-0.25, -0.2) is 9.48 Å². The standard InChI is InChI=1S/C28H31N5O3/c1-20-11-9-10-16-28(20)26(35)32(27(36)29-28)19-24(34)31(2)17-22-18-33(23-14-7-4-8-15-23)30-25(22)21-12-5-3-6-13-21/h3-8,12-15,18,20H,9-11,16-17,19H2,1-2H3,(H,29,36)/t20-,28+/m1/s1. The molecule has 5 rings (SSSR count). The minimum atomic E-state index is -0.870. The van der Waals surface area contributed by atoms with E-state index in [4.69, 9.17) is 5.10 Å². The third kappa shape index (κ3) is 4.27. The van der Waals surface area contributed by atoms with Gasteiger partial charge in [0.1, 0.15) is 12.1 Å². The molecular formula is C28H31N5O3. The van der Waals surface area contributed by atoms with Crippen LogP contribution in [0, 0.1) is 5.92 Å². The van der Waals surface area contributed by atoms with E-state index < -0.39 is 11.6 Å². The van der Waals surface area contributed by atoms with Crippen molar-refractivity contribution >= 4 is 17.8 Å². The van der Waals surface area contributed by atoms with Crippen LogP contribution in [0.3, 0.4) is 0 Å². The number of likely N-dealkylation sites (N-methyl/N-ethyl adjacent to an activating group) is 1. The van der Waals surface area contributed by atoms with Crippen molar-refractivity contribution in [3.8, 4) is 16.9 Å². The van der Waals surface area contributed by atoms with Crippen LogP contribution >= 0.6 is 0 Å². The molecule has 2 aliphatic rings. The van der Waals surface area contributed by atoms with Gasteiger partial charge in [0, 0.05) is 30.9 Å². The van der Waals surface area contributed by atoms with Crippen molar-refractivity contribution < 1.29 is 14.4 Å². The van der Waals surface area contributed by atoms with Crippen LogP contribution in [0.1, 0.15) is 38.2 Å². The molecule has 2 heterocycles. The number of hydrogen-bond donors (Lipinski definition) is 1. The molecule has 1 spiro atoms. The van der Waals surface area contributed by atoms with Crippen molar-refractivity contribution in [2.24, 2.45) is 5.92 Å². The first kappa shape index (κ1) is 23.8. The highest BCUT2D eigenvalue weighted by Gasteiger charge is 2.55. The Kier molecular flexibility index (Phi) is 6.35. The second kappa shape index (κ2) is 9.60. The van der Waals surface area contributed by atoms with Gasteiger partial charge in [-0.3, -0.25) is 14.5 Å². The largest absolute Gasteiger partial charge is 0.340 e. The molecule has 186 valence electrons. The first-order valence-corrected chi connectivity index (χ1v) is 12.5. The van der Waals surface area contributed by atoms with E-state index in [1.807, 2.05) is 78.5 Å². The maximum atomic E-state index is 13.3. The number of rotatable bonds is 6. The summed E-state index contributed by atoms with van der Waals surface area (Å²) >= 11 is 0. The Balaban J connectivity index is 1.35. The lowest BCUT2D eigenvalue weighted by Gasteiger charge is -2.36. The van der Waals surface area contributed by atoms with E-state index in [1.54, 1.807) is 11.9 Å². The first-order chi connectivity index (χ1) is 17.4. The monoisotopic (exact) mass is 485 g/mol. The minimum Gasteiger partial charge on any atom is -0.340 e. The summed E-state index contributed by atoms with van der Waals surface area (Å²) in [5, 5.41) is 7.72. The summed E-state index contributed by atoms with van der Waals surface area (Å²) in [6.07, 6.45) is 5.38. The topological polar surface area (TPSA) is 87.5 Å². The number of benzene rings is 2. The average Bonchev–Trinajstić information content (AvgIpc) is 3.42. The molecule has 1 N–H and O–H groups in total. The highest BCUT2D eigenvalue weighted by Crippen LogP contribution is 2.38. The molecule has 8 nitrogen and oxygen atoms in total. The van der Waals surface area contributed by atoms with E-state index in [0.717, 1.165) is 46.7 Å². The van der Waals surface area contributed by atoms with Gasteiger partial charge >= 0.3 is 6.03 Å². The molecule has 8 heteroatoms. The number of urea groups is 1. The van der Waals surface area contributed by atoms with Crippen molar-refractivity contribution in [2.75, 3.05) is 13.6 Å². The molecule has 4 amide bonds. The molecular weight excluding hydrogens is 454 g/mol. The Morgan fingerprint density at radius 2 is 1.78 bits per heavy atom. The fourth-order valence-corrected chi connectivity index (χ4v) is 5.32. The molecule has 1 aliphatic carbocycles. The summed E-state index contributed by atoms with van der Waals surface area (Å²) < 4.78 is 1.81. The zero-order valence-corrected chi connectivity index (χ0v) is 20.7. The van der Waals surface area contributed by atoms with E-state index in [-0.39, 0.29) is 24.3 Å². The molecule has 2 atom stereocenters. The molecule has 0 bridgehead atoms. The first-order valence-electron chi connectivity index (χ1n) is 12.5. The maximum absolute atomic E-state index is 13.3. The zero-order chi connectivity index (χ0) is 25.3. The predicted molar refractivity (Wildman–Crippen MR) is 136 cm³/mol. The number of amides is 4. The highest BCUT2D eigenvalue weighted by atomic mass is 16.2. The van der Waals surface area contributed by atoms with Gasteiger partial charge in [-0.1, -0.05) is 68.3 Å². The quantitative estimate of drug-likeness (QED) is 0.535. The molecule has 3 aromatic rings. The molecule has 36 heavy (non-hydrogen) atoms. The molecule has 2 aromatic carbocycles. The van der Waals surface area contributed by atoms with Crippen LogP contribution in [0.4, 0.5) is 4.79 Å². The number of nitrogens with zero attached hydrogens (tertiary/aromatic N) is 4. The van der Waals surface area contributed by atoms with E-state index in [2.05, 4.69) is 5.32 Å². The number of hydrogen-bond acceptors (Lipinski definition) is 4. The Morgan fingerprint density at radius 3 is 2.47 bits per heavy atom. The lowest BCUT2D eigenvalue weighted by atomic mass is 9.73. The number of para-hydroxylation sites is 1. The number of aromatic nitrogens is 2. The maximum Gasteiger partial charge on any atom is 0.325 e. The van der Waals surface area contributed by atoms with Crippen LogP contribution in [0.15, 0.2) is 66.9 Å². The normalized spacial score (nSPS) is 21.6. The van der Waals surface area contributed by atoms with Crippen LogP contribution in [0.5, 0.6) is 0 Å². The molecule has 1 aliphatic heterocycles. The predicted octanol–water partition coefficient (Wildman–Crippen LogP) is 4.00. The summed E-state index contributed by atoms with van der Waals surface area (Å²) in [6.45, 7) is 2.02. The van der Waals surface area contributed by atoms with Gasteiger partial charge in [0.05, 0.1) is 11.4 Å². The van der Waals surface area contributed by atoms with Gasteiger partial charge in [-0.15, -0.1) is 0 Å². The smallest absolute Gasteiger partial charge is 0.325 e. The van der Waals surface area contributed by atoms with Crippen molar-refractivity contribution in [1.29, 1.82) is 0 Å². The van der Waals surface area contributed by atoms with Gasteiger partial charge in [0.15, 0.2) is 0 Å². The second-order valence-corrected chi connectivity index (χ2v) is 9.84. The summed E-state index contributed by atoms with van der Waals surface area (Å²) in [5.41, 5.74) is 2.65. The molecule has 0 radical (unpaired) electrons. The van der Waals surface area contributed by atoms with Crippen molar-refractivity contribution in [1.82, 2.24) is 24.9 Å². The Bertz CT molecular complexity index is 1270. The summed E-state index contributed by atoms with van der Waals surface area (Å²) in [6, 6.07) is 19.2. The number of nitrogens with one attached hydrogen (secondary N) is 1. The van der Waals surface area contributed by atoms with Gasteiger partial charge < -0.3 is 10.2 Å². The Labute approximate surface area is 210 Å². The molecule has 1 aromatic heterocycles. The Morgan fingerprint density at radius 1 is 1.08 bits per heavy atom. The van der Waals surface area contributed by atoms with E-state index >= 15 is 0 Å². The van der Waals surface area contributed by atoms with Crippen LogP contribution in [-0.4, -0.2) is 56.6 Å². The summed E-state index contributed by atoms with van der Waals surface area (Å²) in [7, 11) is 1.69. The van der Waals surface area contributed by atoms with Gasteiger partial charge in [-0.05, 0) is 30.9 Å². The van der Waals surface area contributed by atoms with Crippen LogP contribution < -0.4 is 5.32 Å². The van der Waals surface area contributed by atoms with Gasteiger partial charge in [-0.2, -0.15) is 5.10 Å². The third-order valence-corrected chi connectivity index (χ3v) is 7.49. The summed E-state index contributed by atoms with van der Waals surface area (Å²) in [5.74, 6) is -0.522. The molecule has 1 saturated heterocycles. The average molecular weight is 486 g/mol. The number of imide groups is 1. The Hall–Kier alpha value is -3.94. The van der Waals surface area contributed by atoms with E-state index in [0.29, 0.717) is 13.0 Å². The van der Waals surface area contributed by atoms with E-state index in [9.17, 15) is 14.4 Å². The van der Waals surface area contributed by atoms with Crippen LogP contribution in [0.25, 0.3) is 16.9 Å². The van der Waals surface area contributed by atoms with Crippen molar-refractivity contribution in [3.05, 3.63) is 72.4 Å². The van der Waals surface area contributed by atoms with Gasteiger partial charge in [0.2, 0.25) is 5.91 Å². The second-order valence-electron chi connectivity index (χ2n) is 9.84. The fraction of sp³-hybridized carbons (Fsp3) is 0.357. The van der Waals surface area contributed by atoms with Gasteiger partial charge in [0.25, 0.3) is 5.91 Å². The van der Waals surface area contributed by atoms with Crippen molar-refractivity contribution in [3.63, 3.8) is 0 Å². The third-order valence-electron chi connectivity index (χ3n) is 7.49. The lowest BCUT2D eigenvalue weighted by molar-refractivity contribution is -0.140. The summed E-state index contributed by atoms with van der Waals surface area (Å²) in [4.78, 5) is 41.8. The number of carbonyl (C=O) groups is 3. The molecule has 1 saturated carbocycles. The van der Waals surface area contributed by atoms with Crippen molar-refractivity contribution in [2.45, 2.75) is 44.7 Å². The minimum absolute atomic E-state index is 0.0535. The highest BCUT2D eigenvalue weighted by molar-refractivity contribution is 6.09. The zero-order valence-electron chi connectivity index (χ0n) is 20.7. The van der Waals surface area contributed by atoms with E-state index in [1.165, 1.54) is 0 Å². The van der Waals surface area contributed by atoms with Crippen LogP contribution in [0.2, 0.25) is 0 Å². The fourth-order valence-electron chi connectivity index (χ4n) is 5.32. The lowest BCUT2D eigenvalue weighted by Crippen LogP contribution is -2.54. The SMILES string of the molecule is C[C@@H]1CCCC[C@]12NC(=O)N(CC(=O)N(C)Cc1cn(-c3ccccc3)nc1-c1ccccc1)C2=O. The number of carbonyl (C=O) groups excluding carboxylic acids is 3.